The fourth-order valence-electron chi connectivity index (χ4n) is 3.52. The molecular formula is C23H27NO. The Kier molecular flexibility index (Phi) is 6.21. The molecule has 1 N–H and O–H groups in total. The van der Waals surface area contributed by atoms with Crippen LogP contribution in [0.15, 0.2) is 85.0 Å². The van der Waals surface area contributed by atoms with Crippen LogP contribution in [0.3, 0.4) is 0 Å². The van der Waals surface area contributed by atoms with Crippen molar-refractivity contribution in [3.63, 3.8) is 0 Å². The van der Waals surface area contributed by atoms with Crippen LogP contribution in [0, 0.1) is 0 Å². The summed E-state index contributed by atoms with van der Waals surface area (Å²) in [6, 6.07) is 21.5. The summed E-state index contributed by atoms with van der Waals surface area (Å²) in [4.78, 5) is 0. The molecule has 0 spiro atoms. The van der Waals surface area contributed by atoms with E-state index in [1.807, 2.05) is 0 Å². The first-order valence-corrected chi connectivity index (χ1v) is 9.02. The predicted octanol–water partition coefficient (Wildman–Crippen LogP) is 4.81. The van der Waals surface area contributed by atoms with Crippen LogP contribution >= 0.6 is 0 Å². The van der Waals surface area contributed by atoms with E-state index in [0.717, 1.165) is 19.4 Å². The molecule has 0 heterocycles. The Morgan fingerprint density at radius 1 is 0.960 bits per heavy atom. The van der Waals surface area contributed by atoms with Crippen LogP contribution in [0.4, 0.5) is 0 Å². The Labute approximate surface area is 151 Å². The predicted molar refractivity (Wildman–Crippen MR) is 105 cm³/mol. The molecule has 0 aromatic heterocycles. The zero-order valence-corrected chi connectivity index (χ0v) is 14.9. The van der Waals surface area contributed by atoms with Crippen LogP contribution in [-0.2, 0) is 10.2 Å². The first-order valence-electron chi connectivity index (χ1n) is 9.02. The van der Waals surface area contributed by atoms with Crippen LogP contribution < -0.4 is 5.32 Å². The first-order chi connectivity index (χ1) is 12.3. The summed E-state index contributed by atoms with van der Waals surface area (Å²) in [6.45, 7) is 1.60. The van der Waals surface area contributed by atoms with Crippen molar-refractivity contribution in [1.29, 1.82) is 0 Å². The van der Waals surface area contributed by atoms with E-state index >= 15 is 0 Å². The summed E-state index contributed by atoms with van der Waals surface area (Å²) in [5, 5.41) is 3.69. The molecule has 0 radical (unpaired) electrons. The molecule has 1 atom stereocenters. The Bertz CT molecular complexity index is 679. The van der Waals surface area contributed by atoms with Gasteiger partial charge in [-0.3, -0.25) is 0 Å². The molecule has 0 unspecified atom stereocenters. The summed E-state index contributed by atoms with van der Waals surface area (Å²) in [5.41, 5.74) is 2.61. The van der Waals surface area contributed by atoms with Gasteiger partial charge in [-0.05, 0) is 30.5 Å². The van der Waals surface area contributed by atoms with E-state index in [2.05, 4.69) is 90.3 Å². The Morgan fingerprint density at radius 3 is 2.24 bits per heavy atom. The lowest BCUT2D eigenvalue weighted by Crippen LogP contribution is -2.32. The van der Waals surface area contributed by atoms with Gasteiger partial charge < -0.3 is 10.1 Å². The molecule has 2 nitrogen and oxygen atoms in total. The lowest BCUT2D eigenvalue weighted by atomic mass is 9.75. The molecule has 2 aromatic rings. The molecule has 130 valence electrons. The highest BCUT2D eigenvalue weighted by Gasteiger charge is 2.27. The minimum Gasteiger partial charge on any atom is -0.383 e. The number of allylic oxidation sites excluding steroid dienone is 4. The Hall–Kier alpha value is -2.16. The van der Waals surface area contributed by atoms with Gasteiger partial charge in [0.15, 0.2) is 0 Å². The normalized spacial score (nSPS) is 16.7. The maximum absolute atomic E-state index is 5.42. The van der Waals surface area contributed by atoms with Gasteiger partial charge in [0.05, 0.1) is 12.6 Å². The second kappa shape index (κ2) is 8.80. The van der Waals surface area contributed by atoms with Gasteiger partial charge in [0, 0.05) is 12.5 Å². The minimum atomic E-state index is -0.0131. The second-order valence-electron chi connectivity index (χ2n) is 6.57. The SMILES string of the molecule is COC[C@@H](NCCC1(c2ccccc2)C=CCC=C1)c1ccccc1. The van der Waals surface area contributed by atoms with Crippen molar-refractivity contribution in [3.05, 3.63) is 96.1 Å². The molecule has 2 aromatic carbocycles. The van der Waals surface area contributed by atoms with E-state index in [1.165, 1.54) is 11.1 Å². The zero-order chi connectivity index (χ0) is 17.4. The molecular weight excluding hydrogens is 306 g/mol. The van der Waals surface area contributed by atoms with E-state index in [-0.39, 0.29) is 11.5 Å². The molecule has 0 saturated carbocycles. The Morgan fingerprint density at radius 2 is 1.60 bits per heavy atom. The number of rotatable bonds is 8. The summed E-state index contributed by atoms with van der Waals surface area (Å²) in [7, 11) is 1.76. The van der Waals surface area contributed by atoms with Crippen LogP contribution in [-0.4, -0.2) is 20.3 Å². The molecule has 25 heavy (non-hydrogen) atoms. The maximum Gasteiger partial charge on any atom is 0.0657 e. The van der Waals surface area contributed by atoms with Gasteiger partial charge >= 0.3 is 0 Å². The second-order valence-corrected chi connectivity index (χ2v) is 6.57. The van der Waals surface area contributed by atoms with Crippen LogP contribution in [0.25, 0.3) is 0 Å². The van der Waals surface area contributed by atoms with Gasteiger partial charge in [0.2, 0.25) is 0 Å². The van der Waals surface area contributed by atoms with Crippen molar-refractivity contribution in [3.8, 4) is 0 Å². The molecule has 0 bridgehead atoms. The molecule has 1 aliphatic rings. The van der Waals surface area contributed by atoms with Crippen molar-refractivity contribution in [2.24, 2.45) is 0 Å². The average molecular weight is 333 g/mol. The van der Waals surface area contributed by atoms with Crippen molar-refractivity contribution in [2.45, 2.75) is 24.3 Å². The van der Waals surface area contributed by atoms with Gasteiger partial charge in [-0.2, -0.15) is 0 Å². The quantitative estimate of drug-likeness (QED) is 0.700. The minimum absolute atomic E-state index is 0.0131. The smallest absolute Gasteiger partial charge is 0.0657 e. The zero-order valence-electron chi connectivity index (χ0n) is 14.9. The number of ether oxygens (including phenoxy) is 1. The molecule has 3 rings (SSSR count). The highest BCUT2D eigenvalue weighted by Crippen LogP contribution is 2.34. The number of benzene rings is 2. The highest BCUT2D eigenvalue weighted by atomic mass is 16.5. The molecule has 1 aliphatic carbocycles. The van der Waals surface area contributed by atoms with E-state index in [9.17, 15) is 0 Å². The molecule has 2 heteroatoms. The van der Waals surface area contributed by atoms with Crippen LogP contribution in [0.5, 0.6) is 0 Å². The number of nitrogens with one attached hydrogen (secondary N) is 1. The van der Waals surface area contributed by atoms with E-state index in [1.54, 1.807) is 7.11 Å². The number of methoxy groups -OCH3 is 1. The first kappa shape index (κ1) is 17.7. The monoisotopic (exact) mass is 333 g/mol. The number of hydrogen-bond donors (Lipinski definition) is 1. The summed E-state index contributed by atoms with van der Waals surface area (Å²) in [5.74, 6) is 0. The topological polar surface area (TPSA) is 21.3 Å². The number of hydrogen-bond acceptors (Lipinski definition) is 2. The van der Waals surface area contributed by atoms with Gasteiger partial charge in [-0.1, -0.05) is 85.0 Å². The molecule has 0 fully saturated rings. The maximum atomic E-state index is 5.42. The lowest BCUT2D eigenvalue weighted by molar-refractivity contribution is 0.166. The van der Waals surface area contributed by atoms with E-state index in [4.69, 9.17) is 4.74 Å². The summed E-state index contributed by atoms with van der Waals surface area (Å²) < 4.78 is 5.42. The lowest BCUT2D eigenvalue weighted by Gasteiger charge is -2.31. The Balaban J connectivity index is 1.70. The fourth-order valence-corrected chi connectivity index (χ4v) is 3.52. The molecule has 0 amide bonds. The van der Waals surface area contributed by atoms with Crippen LogP contribution in [0.2, 0.25) is 0 Å². The largest absolute Gasteiger partial charge is 0.383 e. The fraction of sp³-hybridized carbons (Fsp3) is 0.304. The third-order valence-electron chi connectivity index (χ3n) is 4.88. The van der Waals surface area contributed by atoms with Crippen molar-refractivity contribution >= 4 is 0 Å². The molecule has 0 aliphatic heterocycles. The van der Waals surface area contributed by atoms with Crippen molar-refractivity contribution < 1.29 is 4.74 Å². The van der Waals surface area contributed by atoms with Gasteiger partial charge in [-0.15, -0.1) is 0 Å². The van der Waals surface area contributed by atoms with E-state index in [0.29, 0.717) is 6.61 Å². The average Bonchev–Trinajstić information content (AvgIpc) is 2.69. The van der Waals surface area contributed by atoms with Crippen molar-refractivity contribution in [2.75, 3.05) is 20.3 Å². The highest BCUT2D eigenvalue weighted by molar-refractivity contribution is 5.39. The van der Waals surface area contributed by atoms with Gasteiger partial charge in [-0.25, -0.2) is 0 Å². The third-order valence-corrected chi connectivity index (χ3v) is 4.88. The van der Waals surface area contributed by atoms with E-state index < -0.39 is 0 Å². The van der Waals surface area contributed by atoms with Gasteiger partial charge in [0.25, 0.3) is 0 Å². The summed E-state index contributed by atoms with van der Waals surface area (Å²) in [6.07, 6.45) is 11.3. The van der Waals surface area contributed by atoms with Gasteiger partial charge in [0.1, 0.15) is 0 Å². The third kappa shape index (κ3) is 4.47. The molecule has 0 saturated heterocycles. The standard InChI is InChI=1S/C23H27NO/c1-25-19-22(20-11-5-2-6-12-20)24-18-17-23(15-9-4-10-16-23)21-13-7-3-8-14-21/h2-3,5-16,22,24H,4,17-19H2,1H3/t22-/m1/s1. The van der Waals surface area contributed by atoms with Crippen molar-refractivity contribution in [1.82, 2.24) is 5.32 Å². The van der Waals surface area contributed by atoms with Crippen LogP contribution in [0.1, 0.15) is 30.0 Å². The summed E-state index contributed by atoms with van der Waals surface area (Å²) >= 11 is 0.